The van der Waals surface area contributed by atoms with Crippen LogP contribution in [-0.4, -0.2) is 43.2 Å². The average Bonchev–Trinajstić information content (AvgIpc) is 3.43. The number of fused-ring (bicyclic) bond motifs is 1. The van der Waals surface area contributed by atoms with Crippen LogP contribution in [-0.2, 0) is 26.2 Å². The van der Waals surface area contributed by atoms with Gasteiger partial charge in [-0.05, 0) is 36.6 Å². The molecule has 196 valence electrons. The van der Waals surface area contributed by atoms with Crippen LogP contribution in [0.1, 0.15) is 55.7 Å². The Bertz CT molecular complexity index is 1270. The first-order valence-corrected chi connectivity index (χ1v) is 14.2. The highest BCUT2D eigenvalue weighted by molar-refractivity contribution is 7.89. The topological polar surface area (TPSA) is 117 Å². The van der Waals surface area contributed by atoms with Crippen LogP contribution in [0.2, 0.25) is 0 Å². The van der Waals surface area contributed by atoms with Gasteiger partial charge in [-0.3, -0.25) is 13.9 Å². The van der Waals surface area contributed by atoms with E-state index in [0.717, 1.165) is 27.7 Å². The summed E-state index contributed by atoms with van der Waals surface area (Å²) in [7, 11) is -4.01. The molecule has 2 aromatic rings. The summed E-state index contributed by atoms with van der Waals surface area (Å²) in [6.07, 6.45) is 7.82. The second kappa shape index (κ2) is 10.9. The maximum atomic E-state index is 13.2. The van der Waals surface area contributed by atoms with Crippen LogP contribution in [0, 0.1) is 0 Å². The predicted molar refractivity (Wildman–Crippen MR) is 138 cm³/mol. The Labute approximate surface area is 217 Å². The van der Waals surface area contributed by atoms with Gasteiger partial charge in [-0.1, -0.05) is 43.2 Å². The fourth-order valence-electron chi connectivity index (χ4n) is 5.17. The Morgan fingerprint density at radius 3 is 2.65 bits per heavy atom. The molecule has 2 atom stereocenters. The van der Waals surface area contributed by atoms with Gasteiger partial charge in [-0.15, -0.1) is 0 Å². The third-order valence-electron chi connectivity index (χ3n) is 7.16. The number of benzene rings is 2. The molecule has 1 aliphatic carbocycles. The molecule has 2 amide bonds. The summed E-state index contributed by atoms with van der Waals surface area (Å²) < 4.78 is 33.2. The van der Waals surface area contributed by atoms with Crippen molar-refractivity contribution in [3.8, 4) is 5.75 Å². The lowest BCUT2D eigenvalue weighted by atomic mass is 9.98. The molecule has 2 heterocycles. The van der Waals surface area contributed by atoms with Gasteiger partial charge in [-0.2, -0.15) is 0 Å². The molecule has 2 aliphatic heterocycles. The van der Waals surface area contributed by atoms with Gasteiger partial charge in [0.15, 0.2) is 0 Å². The molecule has 2 aromatic carbocycles. The standard InChI is InChI=1S/C27H32N4O5S/c32-26(17-24-27(33)28-13-14-31(24)37(34,35)21-8-2-1-3-9-21)30-23-12-15-36-25-16-19(10-11-22(23)25)18-29-20-6-4-5-7-20/h1-3,8-11,13-14,16,20,23-24,29H,4-7,12,15,17-18H2,(H,28,33)(H,30,32)/t23-,24-/m1/s1. The van der Waals surface area contributed by atoms with Crippen LogP contribution in [0.4, 0.5) is 0 Å². The van der Waals surface area contributed by atoms with Gasteiger partial charge < -0.3 is 20.7 Å². The molecule has 9 nitrogen and oxygen atoms in total. The molecule has 0 unspecified atom stereocenters. The van der Waals surface area contributed by atoms with Crippen LogP contribution in [0.5, 0.6) is 5.75 Å². The van der Waals surface area contributed by atoms with Crippen molar-refractivity contribution in [3.63, 3.8) is 0 Å². The summed E-state index contributed by atoms with van der Waals surface area (Å²) in [4.78, 5) is 25.8. The zero-order valence-corrected chi connectivity index (χ0v) is 21.4. The maximum Gasteiger partial charge on any atom is 0.264 e. The van der Waals surface area contributed by atoms with Crippen molar-refractivity contribution < 1.29 is 22.7 Å². The van der Waals surface area contributed by atoms with Crippen LogP contribution in [0.25, 0.3) is 0 Å². The van der Waals surface area contributed by atoms with Gasteiger partial charge in [0.2, 0.25) is 11.8 Å². The number of hydrogen-bond donors (Lipinski definition) is 3. The van der Waals surface area contributed by atoms with Crippen molar-refractivity contribution in [3.05, 3.63) is 72.1 Å². The number of nitrogens with one attached hydrogen (secondary N) is 3. The SMILES string of the molecule is O=C(C[C@@H]1C(=O)NC=CN1S(=O)(=O)c1ccccc1)N[C@@H]1CCOc2cc(CNC3CCCC3)ccc21. The number of nitrogens with zero attached hydrogens (tertiary/aromatic N) is 1. The molecule has 1 fully saturated rings. The number of carbonyl (C=O) groups is 2. The third-order valence-corrected chi connectivity index (χ3v) is 8.96. The molecule has 10 heteroatoms. The van der Waals surface area contributed by atoms with Crippen molar-refractivity contribution >= 4 is 21.8 Å². The molecule has 3 N–H and O–H groups in total. The number of hydrogen-bond acceptors (Lipinski definition) is 6. The van der Waals surface area contributed by atoms with Crippen molar-refractivity contribution in [1.29, 1.82) is 0 Å². The lowest BCUT2D eigenvalue weighted by Crippen LogP contribution is -2.51. The van der Waals surface area contributed by atoms with E-state index in [1.54, 1.807) is 18.2 Å². The van der Waals surface area contributed by atoms with E-state index in [-0.39, 0.29) is 17.4 Å². The third kappa shape index (κ3) is 5.65. The number of sulfonamides is 1. The van der Waals surface area contributed by atoms with E-state index in [4.69, 9.17) is 4.74 Å². The molecule has 5 rings (SSSR count). The summed E-state index contributed by atoms with van der Waals surface area (Å²) in [6, 6.07) is 13.0. The first-order valence-electron chi connectivity index (χ1n) is 12.8. The Kier molecular flexibility index (Phi) is 7.48. The minimum Gasteiger partial charge on any atom is -0.493 e. The smallest absolute Gasteiger partial charge is 0.264 e. The molecule has 37 heavy (non-hydrogen) atoms. The van der Waals surface area contributed by atoms with E-state index in [2.05, 4.69) is 16.0 Å². The fraction of sp³-hybridized carbons (Fsp3) is 0.407. The van der Waals surface area contributed by atoms with Crippen LogP contribution in [0.3, 0.4) is 0 Å². The monoisotopic (exact) mass is 524 g/mol. The minimum atomic E-state index is -4.01. The molecular weight excluding hydrogens is 492 g/mol. The summed E-state index contributed by atoms with van der Waals surface area (Å²) in [5.41, 5.74) is 2.01. The van der Waals surface area contributed by atoms with E-state index in [1.807, 2.05) is 18.2 Å². The minimum absolute atomic E-state index is 0.0522. The Morgan fingerprint density at radius 1 is 1.08 bits per heavy atom. The largest absolute Gasteiger partial charge is 0.493 e. The highest BCUT2D eigenvalue weighted by Crippen LogP contribution is 2.33. The molecular formula is C27H32N4O5S. The van der Waals surface area contributed by atoms with Gasteiger partial charge in [0.05, 0.1) is 24.0 Å². The van der Waals surface area contributed by atoms with Crippen LogP contribution in [0.15, 0.2) is 65.8 Å². The van der Waals surface area contributed by atoms with E-state index in [9.17, 15) is 18.0 Å². The maximum absolute atomic E-state index is 13.2. The molecule has 0 aromatic heterocycles. The van der Waals surface area contributed by atoms with E-state index in [0.29, 0.717) is 19.1 Å². The molecule has 1 saturated carbocycles. The van der Waals surface area contributed by atoms with Gasteiger partial charge in [0.25, 0.3) is 10.0 Å². The molecule has 0 spiro atoms. The zero-order valence-electron chi connectivity index (χ0n) is 20.6. The predicted octanol–water partition coefficient (Wildman–Crippen LogP) is 2.71. The number of ether oxygens (including phenoxy) is 1. The quantitative estimate of drug-likeness (QED) is 0.489. The number of rotatable bonds is 8. The fourth-order valence-corrected chi connectivity index (χ4v) is 6.64. The summed E-state index contributed by atoms with van der Waals surface area (Å²) in [5, 5.41) is 9.11. The summed E-state index contributed by atoms with van der Waals surface area (Å²) in [5.74, 6) is -0.216. The lowest BCUT2D eigenvalue weighted by Gasteiger charge is -2.32. The van der Waals surface area contributed by atoms with Crippen LogP contribution >= 0.6 is 0 Å². The highest BCUT2D eigenvalue weighted by Gasteiger charge is 2.37. The van der Waals surface area contributed by atoms with Crippen molar-refractivity contribution in [2.24, 2.45) is 0 Å². The van der Waals surface area contributed by atoms with Crippen molar-refractivity contribution in [2.75, 3.05) is 6.61 Å². The first kappa shape index (κ1) is 25.3. The summed E-state index contributed by atoms with van der Waals surface area (Å²) >= 11 is 0. The Morgan fingerprint density at radius 2 is 1.86 bits per heavy atom. The molecule has 0 saturated heterocycles. The second-order valence-corrected chi connectivity index (χ2v) is 11.5. The van der Waals surface area contributed by atoms with Gasteiger partial charge >= 0.3 is 0 Å². The summed E-state index contributed by atoms with van der Waals surface area (Å²) in [6.45, 7) is 1.23. The molecule has 0 bridgehead atoms. The van der Waals surface area contributed by atoms with E-state index < -0.39 is 27.9 Å². The lowest BCUT2D eigenvalue weighted by molar-refractivity contribution is -0.129. The van der Waals surface area contributed by atoms with Gasteiger partial charge in [0, 0.05) is 37.0 Å². The highest BCUT2D eigenvalue weighted by atomic mass is 32.2. The van der Waals surface area contributed by atoms with Crippen molar-refractivity contribution in [2.45, 2.75) is 68.1 Å². The second-order valence-electron chi connectivity index (χ2n) is 9.68. The Hall–Kier alpha value is -3.37. The number of carbonyl (C=O) groups excluding carboxylic acids is 2. The Balaban J connectivity index is 1.26. The molecule has 0 radical (unpaired) electrons. The van der Waals surface area contributed by atoms with Crippen LogP contribution < -0.4 is 20.7 Å². The first-order chi connectivity index (χ1) is 17.9. The normalized spacial score (nSPS) is 21.7. The zero-order chi connectivity index (χ0) is 25.8. The number of amides is 2. The van der Waals surface area contributed by atoms with Gasteiger partial charge in [0.1, 0.15) is 11.8 Å². The van der Waals surface area contributed by atoms with E-state index >= 15 is 0 Å². The van der Waals surface area contributed by atoms with Gasteiger partial charge in [-0.25, -0.2) is 8.42 Å². The average molecular weight is 525 g/mol. The van der Waals surface area contributed by atoms with E-state index in [1.165, 1.54) is 50.2 Å². The van der Waals surface area contributed by atoms with Crippen molar-refractivity contribution in [1.82, 2.24) is 20.3 Å². The molecule has 3 aliphatic rings.